The summed E-state index contributed by atoms with van der Waals surface area (Å²) in [6.07, 6.45) is 4.09. The van der Waals surface area contributed by atoms with Gasteiger partial charge in [-0.15, -0.1) is 0 Å². The van der Waals surface area contributed by atoms with Gasteiger partial charge in [-0.2, -0.15) is 0 Å². The Kier molecular flexibility index (Phi) is 4.30. The minimum atomic E-state index is -0.772. The van der Waals surface area contributed by atoms with Crippen molar-refractivity contribution in [3.8, 4) is 0 Å². The molecule has 0 aromatic carbocycles. The lowest BCUT2D eigenvalue weighted by Crippen LogP contribution is -2.43. The average Bonchev–Trinajstić information content (AvgIpc) is 3.17. The van der Waals surface area contributed by atoms with Crippen molar-refractivity contribution in [2.24, 2.45) is 5.92 Å². The maximum absolute atomic E-state index is 12.1. The van der Waals surface area contributed by atoms with Gasteiger partial charge in [0.2, 0.25) is 5.91 Å². The Hall–Kier alpha value is -1.59. The van der Waals surface area contributed by atoms with Gasteiger partial charge in [0, 0.05) is 19.5 Å². The Balaban J connectivity index is 1.69. The predicted molar refractivity (Wildman–Crippen MR) is 73.9 cm³/mol. The quantitative estimate of drug-likeness (QED) is 0.540. The van der Waals surface area contributed by atoms with Crippen molar-refractivity contribution < 1.29 is 14.4 Å². The van der Waals surface area contributed by atoms with Crippen molar-refractivity contribution >= 4 is 17.8 Å². The molecular weight excluding hydrogens is 258 g/mol. The van der Waals surface area contributed by atoms with E-state index in [9.17, 15) is 14.4 Å². The van der Waals surface area contributed by atoms with Gasteiger partial charge in [0.15, 0.2) is 0 Å². The second kappa shape index (κ2) is 5.81. The number of hydrogen-bond donors (Lipinski definition) is 2. The van der Waals surface area contributed by atoms with Gasteiger partial charge in [0.05, 0.1) is 0 Å². The van der Waals surface area contributed by atoms with Crippen molar-refractivity contribution in [3.63, 3.8) is 0 Å². The molecule has 112 valence electrons. The summed E-state index contributed by atoms with van der Waals surface area (Å²) in [4.78, 5) is 36.6. The molecule has 4 amide bonds. The zero-order valence-corrected chi connectivity index (χ0v) is 12.2. The largest absolute Gasteiger partial charge is 0.356 e. The Bertz CT molecular complexity index is 420. The summed E-state index contributed by atoms with van der Waals surface area (Å²) in [5, 5.41) is 5.55. The summed E-state index contributed by atoms with van der Waals surface area (Å²) < 4.78 is 0. The van der Waals surface area contributed by atoms with Crippen LogP contribution in [0, 0.1) is 5.92 Å². The van der Waals surface area contributed by atoms with E-state index in [1.807, 2.05) is 6.92 Å². The van der Waals surface area contributed by atoms with Crippen LogP contribution in [0.1, 0.15) is 46.0 Å². The summed E-state index contributed by atoms with van der Waals surface area (Å²) >= 11 is 0. The highest BCUT2D eigenvalue weighted by atomic mass is 16.2. The molecule has 0 spiro atoms. The number of carbonyl (C=O) groups is 3. The van der Waals surface area contributed by atoms with E-state index >= 15 is 0 Å². The van der Waals surface area contributed by atoms with Gasteiger partial charge in [0.25, 0.3) is 5.91 Å². The molecule has 0 aromatic heterocycles. The number of nitrogens with one attached hydrogen (secondary N) is 2. The van der Waals surface area contributed by atoms with Crippen LogP contribution in [0.3, 0.4) is 0 Å². The number of imide groups is 1. The summed E-state index contributed by atoms with van der Waals surface area (Å²) in [5.74, 6) is 0.476. The molecule has 0 aromatic rings. The van der Waals surface area contributed by atoms with E-state index in [0.717, 1.165) is 12.8 Å². The van der Waals surface area contributed by atoms with E-state index in [2.05, 4.69) is 10.6 Å². The second-order valence-electron chi connectivity index (χ2n) is 5.92. The zero-order chi connectivity index (χ0) is 14.8. The molecule has 2 rings (SSSR count). The Morgan fingerprint density at radius 3 is 2.70 bits per heavy atom. The van der Waals surface area contributed by atoms with Crippen molar-refractivity contribution in [1.82, 2.24) is 15.5 Å². The first-order valence-corrected chi connectivity index (χ1v) is 7.37. The van der Waals surface area contributed by atoms with E-state index < -0.39 is 5.54 Å². The number of urea groups is 1. The topological polar surface area (TPSA) is 78.5 Å². The number of nitrogens with zero attached hydrogens (tertiary/aromatic N) is 1. The zero-order valence-electron chi connectivity index (χ0n) is 12.2. The van der Waals surface area contributed by atoms with Crippen molar-refractivity contribution in [2.75, 3.05) is 13.1 Å². The van der Waals surface area contributed by atoms with E-state index in [4.69, 9.17) is 0 Å². The first-order chi connectivity index (χ1) is 9.46. The Morgan fingerprint density at radius 1 is 1.45 bits per heavy atom. The number of hydrogen-bond acceptors (Lipinski definition) is 3. The lowest BCUT2D eigenvalue weighted by Gasteiger charge is -2.19. The third-order valence-electron chi connectivity index (χ3n) is 4.10. The van der Waals surface area contributed by atoms with Crippen molar-refractivity contribution in [3.05, 3.63) is 0 Å². The highest BCUT2D eigenvalue weighted by Crippen LogP contribution is 2.32. The molecule has 1 aliphatic carbocycles. The van der Waals surface area contributed by atoms with Crippen LogP contribution in [0.2, 0.25) is 0 Å². The molecule has 2 N–H and O–H groups in total. The van der Waals surface area contributed by atoms with Gasteiger partial charge < -0.3 is 10.6 Å². The molecule has 0 bridgehead atoms. The molecule has 6 nitrogen and oxygen atoms in total. The van der Waals surface area contributed by atoms with Crippen LogP contribution < -0.4 is 10.6 Å². The van der Waals surface area contributed by atoms with Crippen molar-refractivity contribution in [2.45, 2.75) is 51.5 Å². The highest BCUT2D eigenvalue weighted by molar-refractivity contribution is 6.06. The smallest absolute Gasteiger partial charge is 0.325 e. The highest BCUT2D eigenvalue weighted by Gasteiger charge is 2.45. The Labute approximate surface area is 119 Å². The van der Waals surface area contributed by atoms with Crippen LogP contribution >= 0.6 is 0 Å². The van der Waals surface area contributed by atoms with Gasteiger partial charge in [-0.1, -0.05) is 6.92 Å². The molecule has 1 atom stereocenters. The lowest BCUT2D eigenvalue weighted by atomic mass is 9.99. The van der Waals surface area contributed by atoms with Gasteiger partial charge >= 0.3 is 6.03 Å². The summed E-state index contributed by atoms with van der Waals surface area (Å²) in [6.45, 7) is 4.47. The molecule has 20 heavy (non-hydrogen) atoms. The molecule has 1 saturated heterocycles. The monoisotopic (exact) mass is 281 g/mol. The van der Waals surface area contributed by atoms with Gasteiger partial charge in [-0.25, -0.2) is 4.79 Å². The van der Waals surface area contributed by atoms with E-state index in [-0.39, 0.29) is 17.8 Å². The normalized spacial score (nSPS) is 25.8. The van der Waals surface area contributed by atoms with Crippen LogP contribution in [-0.2, 0) is 9.59 Å². The minimum Gasteiger partial charge on any atom is -0.356 e. The fraction of sp³-hybridized carbons (Fsp3) is 0.786. The van der Waals surface area contributed by atoms with Crippen LogP contribution in [0.4, 0.5) is 4.79 Å². The molecule has 1 aliphatic heterocycles. The molecule has 0 radical (unpaired) electrons. The molecule has 1 heterocycles. The van der Waals surface area contributed by atoms with E-state index in [0.29, 0.717) is 38.3 Å². The maximum Gasteiger partial charge on any atom is 0.325 e. The predicted octanol–water partition coefficient (Wildman–Crippen LogP) is 1.01. The SMILES string of the molecule is CC[C@@]1(C)NC(=O)N(CCCNC(=O)CC2CC2)C1=O. The van der Waals surface area contributed by atoms with Crippen LogP contribution in [0.5, 0.6) is 0 Å². The lowest BCUT2D eigenvalue weighted by molar-refractivity contribution is -0.130. The van der Waals surface area contributed by atoms with Gasteiger partial charge in [-0.3, -0.25) is 14.5 Å². The average molecular weight is 281 g/mol. The molecule has 0 unspecified atom stereocenters. The van der Waals surface area contributed by atoms with E-state index in [1.54, 1.807) is 6.92 Å². The first-order valence-electron chi connectivity index (χ1n) is 7.37. The molecular formula is C14H23N3O3. The first kappa shape index (κ1) is 14.8. The van der Waals surface area contributed by atoms with Crippen molar-refractivity contribution in [1.29, 1.82) is 0 Å². The molecule has 2 aliphatic rings. The Morgan fingerprint density at radius 2 is 2.15 bits per heavy atom. The van der Waals surface area contributed by atoms with E-state index in [1.165, 1.54) is 4.90 Å². The molecule has 6 heteroatoms. The summed E-state index contributed by atoms with van der Waals surface area (Å²) in [6, 6.07) is -0.330. The summed E-state index contributed by atoms with van der Waals surface area (Å²) in [7, 11) is 0. The minimum absolute atomic E-state index is 0.0723. The third kappa shape index (κ3) is 3.29. The van der Waals surface area contributed by atoms with Crippen LogP contribution in [0.15, 0.2) is 0 Å². The molecule has 1 saturated carbocycles. The van der Waals surface area contributed by atoms with Gasteiger partial charge in [0.1, 0.15) is 5.54 Å². The third-order valence-corrected chi connectivity index (χ3v) is 4.10. The molecule has 2 fully saturated rings. The standard InChI is InChI=1S/C14H23N3O3/c1-3-14(2)12(19)17(13(20)16-14)8-4-7-15-11(18)9-10-5-6-10/h10H,3-9H2,1-2H3,(H,15,18)(H,16,20)/t14-/m1/s1. The number of rotatable bonds is 7. The number of amides is 4. The number of carbonyl (C=O) groups excluding carboxylic acids is 3. The van der Waals surface area contributed by atoms with Crippen LogP contribution in [-0.4, -0.2) is 41.4 Å². The van der Waals surface area contributed by atoms with Crippen LogP contribution in [0.25, 0.3) is 0 Å². The maximum atomic E-state index is 12.1. The van der Waals surface area contributed by atoms with Gasteiger partial charge in [-0.05, 0) is 38.5 Å². The summed E-state index contributed by atoms with van der Waals surface area (Å²) in [5.41, 5.74) is -0.772. The second-order valence-corrected chi connectivity index (χ2v) is 5.92. The fourth-order valence-corrected chi connectivity index (χ4v) is 2.31. The fourth-order valence-electron chi connectivity index (χ4n) is 2.31.